The number of nitrogens with one attached hydrogen (secondary N) is 1. The van der Waals surface area contributed by atoms with Crippen molar-refractivity contribution in [3.63, 3.8) is 0 Å². The van der Waals surface area contributed by atoms with Crippen molar-refractivity contribution in [3.8, 4) is 5.75 Å². The van der Waals surface area contributed by atoms with E-state index in [1.807, 2.05) is 17.9 Å². The first-order chi connectivity index (χ1) is 10.7. The minimum Gasteiger partial charge on any atom is -0.478 e. The van der Waals surface area contributed by atoms with Gasteiger partial charge in [-0.15, -0.1) is 0 Å². The van der Waals surface area contributed by atoms with E-state index in [0.717, 1.165) is 37.4 Å². The van der Waals surface area contributed by atoms with Crippen molar-refractivity contribution in [1.29, 1.82) is 0 Å². The van der Waals surface area contributed by atoms with E-state index in [0.29, 0.717) is 12.5 Å². The highest BCUT2D eigenvalue weighted by Crippen LogP contribution is 2.36. The first-order valence-corrected chi connectivity index (χ1v) is 8.57. The molecule has 0 spiro atoms. The molecule has 2 unspecified atom stereocenters. The number of rotatable bonds is 5. The molecule has 1 aromatic carbocycles. The van der Waals surface area contributed by atoms with Gasteiger partial charge in [0.2, 0.25) is 0 Å². The first-order valence-electron chi connectivity index (χ1n) is 8.57. The molecule has 2 aliphatic rings. The largest absolute Gasteiger partial charge is 0.478 e. The van der Waals surface area contributed by atoms with Crippen LogP contribution < -0.4 is 15.0 Å². The maximum absolute atomic E-state index is 12.6. The third-order valence-electron chi connectivity index (χ3n) is 4.59. The van der Waals surface area contributed by atoms with Crippen LogP contribution in [0.1, 0.15) is 45.1 Å². The zero-order valence-electron chi connectivity index (χ0n) is 13.6. The Morgan fingerprint density at radius 1 is 1.36 bits per heavy atom. The summed E-state index contributed by atoms with van der Waals surface area (Å²) in [5.41, 5.74) is 2.23. The van der Waals surface area contributed by atoms with Crippen LogP contribution in [0.15, 0.2) is 18.2 Å². The van der Waals surface area contributed by atoms with Crippen LogP contribution in [-0.2, 0) is 11.2 Å². The van der Waals surface area contributed by atoms with Gasteiger partial charge in [-0.3, -0.25) is 4.79 Å². The summed E-state index contributed by atoms with van der Waals surface area (Å²) >= 11 is 0. The summed E-state index contributed by atoms with van der Waals surface area (Å²) in [6.45, 7) is 5.99. The molecule has 120 valence electrons. The molecule has 1 saturated heterocycles. The third kappa shape index (κ3) is 2.98. The van der Waals surface area contributed by atoms with E-state index in [9.17, 15) is 4.79 Å². The maximum Gasteiger partial charge on any atom is 0.268 e. The molecule has 4 nitrogen and oxygen atoms in total. The van der Waals surface area contributed by atoms with Crippen LogP contribution >= 0.6 is 0 Å². The molecule has 3 rings (SSSR count). The molecule has 2 aliphatic heterocycles. The number of hydrogen-bond acceptors (Lipinski definition) is 3. The van der Waals surface area contributed by atoms with Crippen LogP contribution in [-0.4, -0.2) is 31.1 Å². The average Bonchev–Trinajstić information content (AvgIpc) is 3.03. The Morgan fingerprint density at radius 3 is 2.91 bits per heavy atom. The molecule has 0 radical (unpaired) electrons. The molecule has 1 fully saturated rings. The summed E-state index contributed by atoms with van der Waals surface area (Å²) in [6, 6.07) is 6.90. The molecule has 4 heteroatoms. The number of carbonyl (C=O) groups is 1. The van der Waals surface area contributed by atoms with Crippen LogP contribution in [0, 0.1) is 0 Å². The molecular weight excluding hydrogens is 276 g/mol. The van der Waals surface area contributed by atoms with E-state index in [-0.39, 0.29) is 12.0 Å². The van der Waals surface area contributed by atoms with Gasteiger partial charge in [-0.1, -0.05) is 19.9 Å². The van der Waals surface area contributed by atoms with Crippen LogP contribution in [0.2, 0.25) is 0 Å². The van der Waals surface area contributed by atoms with E-state index in [2.05, 4.69) is 24.4 Å². The molecule has 0 aliphatic carbocycles. The fraction of sp³-hybridized carbons (Fsp3) is 0.611. The van der Waals surface area contributed by atoms with E-state index < -0.39 is 0 Å². The normalized spacial score (nSPS) is 24.3. The zero-order valence-corrected chi connectivity index (χ0v) is 13.6. The predicted molar refractivity (Wildman–Crippen MR) is 88.5 cm³/mol. The van der Waals surface area contributed by atoms with Crippen molar-refractivity contribution in [2.24, 2.45) is 0 Å². The lowest BCUT2D eigenvalue weighted by atomic mass is 10.0. The summed E-state index contributed by atoms with van der Waals surface area (Å²) in [4.78, 5) is 14.5. The highest BCUT2D eigenvalue weighted by Gasteiger charge is 2.33. The Hall–Kier alpha value is -1.55. The lowest BCUT2D eigenvalue weighted by Crippen LogP contribution is -2.46. The Balaban J connectivity index is 1.86. The van der Waals surface area contributed by atoms with Gasteiger partial charge in [0.1, 0.15) is 5.75 Å². The van der Waals surface area contributed by atoms with Gasteiger partial charge in [0.25, 0.3) is 5.91 Å². The first kappa shape index (κ1) is 15.3. The van der Waals surface area contributed by atoms with Crippen molar-refractivity contribution in [2.75, 3.05) is 18.0 Å². The van der Waals surface area contributed by atoms with Crippen molar-refractivity contribution in [3.05, 3.63) is 23.8 Å². The Bertz CT molecular complexity index is 538. The van der Waals surface area contributed by atoms with E-state index >= 15 is 0 Å². The minimum absolute atomic E-state index is 0.105. The molecule has 1 amide bonds. The number of anilines is 1. The van der Waals surface area contributed by atoms with Crippen molar-refractivity contribution in [2.45, 2.75) is 58.1 Å². The molecule has 1 aromatic rings. The number of amides is 1. The third-order valence-corrected chi connectivity index (χ3v) is 4.59. The number of nitrogens with zero attached hydrogens (tertiary/aromatic N) is 1. The number of hydrogen-bond donors (Lipinski definition) is 1. The lowest BCUT2D eigenvalue weighted by Gasteiger charge is -2.34. The SMILES string of the molecule is CCCN1C(=O)C(CC)Oc2ccc(CC3CCCN3)cc21. The van der Waals surface area contributed by atoms with Crippen LogP contribution in [0.25, 0.3) is 0 Å². The average molecular weight is 302 g/mol. The molecular formula is C18H26N2O2. The second-order valence-corrected chi connectivity index (χ2v) is 6.30. The standard InChI is InChI=1S/C18H26N2O2/c1-3-10-20-15-12-13(11-14-6-5-9-19-14)7-8-17(15)22-16(4-2)18(20)21/h7-8,12,14,16,19H,3-6,9-11H2,1-2H3. The van der Waals surface area contributed by atoms with Crippen molar-refractivity contribution < 1.29 is 9.53 Å². The Labute approximate surface area is 132 Å². The van der Waals surface area contributed by atoms with Gasteiger partial charge in [-0.2, -0.15) is 0 Å². The fourth-order valence-corrected chi connectivity index (χ4v) is 3.42. The predicted octanol–water partition coefficient (Wildman–Crippen LogP) is 2.90. The van der Waals surface area contributed by atoms with E-state index in [4.69, 9.17) is 4.74 Å². The Kier molecular flexibility index (Phi) is 4.67. The minimum atomic E-state index is -0.332. The molecule has 0 saturated carbocycles. The molecule has 2 heterocycles. The number of ether oxygens (including phenoxy) is 1. The van der Waals surface area contributed by atoms with Gasteiger partial charge in [0, 0.05) is 12.6 Å². The molecule has 2 atom stereocenters. The molecule has 22 heavy (non-hydrogen) atoms. The molecule has 1 N–H and O–H groups in total. The van der Waals surface area contributed by atoms with Crippen molar-refractivity contribution in [1.82, 2.24) is 5.32 Å². The van der Waals surface area contributed by atoms with Gasteiger partial charge in [-0.05, 0) is 56.3 Å². The summed E-state index contributed by atoms with van der Waals surface area (Å²) in [5, 5.41) is 3.53. The second-order valence-electron chi connectivity index (χ2n) is 6.30. The highest BCUT2D eigenvalue weighted by atomic mass is 16.5. The van der Waals surface area contributed by atoms with Crippen LogP contribution in [0.4, 0.5) is 5.69 Å². The Morgan fingerprint density at radius 2 is 2.23 bits per heavy atom. The lowest BCUT2D eigenvalue weighted by molar-refractivity contribution is -0.126. The number of fused-ring (bicyclic) bond motifs is 1. The number of carbonyl (C=O) groups excluding carboxylic acids is 1. The van der Waals surface area contributed by atoms with E-state index in [1.165, 1.54) is 18.4 Å². The zero-order chi connectivity index (χ0) is 15.5. The quantitative estimate of drug-likeness (QED) is 0.909. The van der Waals surface area contributed by atoms with Gasteiger partial charge >= 0.3 is 0 Å². The molecule has 0 bridgehead atoms. The summed E-state index contributed by atoms with van der Waals surface area (Å²) < 4.78 is 5.89. The maximum atomic E-state index is 12.6. The van der Waals surface area contributed by atoms with Gasteiger partial charge in [-0.25, -0.2) is 0 Å². The highest BCUT2D eigenvalue weighted by molar-refractivity contribution is 6.00. The van der Waals surface area contributed by atoms with Gasteiger partial charge < -0.3 is 15.0 Å². The molecule has 0 aromatic heterocycles. The monoisotopic (exact) mass is 302 g/mol. The topological polar surface area (TPSA) is 41.6 Å². The van der Waals surface area contributed by atoms with Crippen LogP contribution in [0.5, 0.6) is 5.75 Å². The van der Waals surface area contributed by atoms with E-state index in [1.54, 1.807) is 0 Å². The van der Waals surface area contributed by atoms with Crippen LogP contribution in [0.3, 0.4) is 0 Å². The van der Waals surface area contributed by atoms with Gasteiger partial charge in [0.05, 0.1) is 5.69 Å². The number of benzene rings is 1. The van der Waals surface area contributed by atoms with Gasteiger partial charge in [0.15, 0.2) is 6.10 Å². The summed E-state index contributed by atoms with van der Waals surface area (Å²) in [7, 11) is 0. The fourth-order valence-electron chi connectivity index (χ4n) is 3.42. The second kappa shape index (κ2) is 6.69. The smallest absolute Gasteiger partial charge is 0.268 e. The van der Waals surface area contributed by atoms with Crippen molar-refractivity contribution >= 4 is 11.6 Å². The summed E-state index contributed by atoms with van der Waals surface area (Å²) in [5.74, 6) is 0.955. The summed E-state index contributed by atoms with van der Waals surface area (Å²) in [6.07, 6.45) is 4.86.